The zero-order chi connectivity index (χ0) is 16.6. The maximum Gasteiger partial charge on any atom is 0.258 e. The van der Waals surface area contributed by atoms with E-state index in [1.54, 1.807) is 11.3 Å². The maximum atomic E-state index is 9.87. The standard InChI is InChI=1S/C18H20N2O2S/c1-10(2)7-14-5-6-15(23-14)18-20-19-17(22-18)13-8-11(3)16(21)12(4)9-13/h5-6,8-10,21H,7H2,1-4H3. The average molecular weight is 328 g/mol. The molecule has 3 rings (SSSR count). The third-order valence-corrected chi connectivity index (χ3v) is 4.74. The molecule has 120 valence electrons. The number of phenols is 1. The van der Waals surface area contributed by atoms with Gasteiger partial charge >= 0.3 is 0 Å². The van der Waals surface area contributed by atoms with E-state index in [9.17, 15) is 5.11 Å². The van der Waals surface area contributed by atoms with Gasteiger partial charge in [0, 0.05) is 10.4 Å². The largest absolute Gasteiger partial charge is 0.507 e. The van der Waals surface area contributed by atoms with Gasteiger partial charge in [-0.15, -0.1) is 21.5 Å². The monoisotopic (exact) mass is 328 g/mol. The Hall–Kier alpha value is -2.14. The summed E-state index contributed by atoms with van der Waals surface area (Å²) in [5.41, 5.74) is 2.43. The normalized spacial score (nSPS) is 11.3. The van der Waals surface area contributed by atoms with Crippen molar-refractivity contribution in [3.8, 4) is 28.0 Å². The maximum absolute atomic E-state index is 9.87. The Bertz CT molecular complexity index is 810. The second-order valence-corrected chi connectivity index (χ2v) is 7.40. The third-order valence-electron chi connectivity index (χ3n) is 3.64. The van der Waals surface area contributed by atoms with Crippen LogP contribution in [0.4, 0.5) is 0 Å². The SMILES string of the molecule is Cc1cc(-c2nnc(-c3ccc(CC(C)C)s3)o2)cc(C)c1O. The lowest BCUT2D eigenvalue weighted by molar-refractivity contribution is 0.467. The predicted molar refractivity (Wildman–Crippen MR) is 92.7 cm³/mol. The fraction of sp³-hybridized carbons (Fsp3) is 0.333. The van der Waals surface area contributed by atoms with E-state index in [0.29, 0.717) is 23.4 Å². The fourth-order valence-corrected chi connectivity index (χ4v) is 3.66. The van der Waals surface area contributed by atoms with Gasteiger partial charge in [0.2, 0.25) is 5.89 Å². The van der Waals surface area contributed by atoms with Gasteiger partial charge in [0.15, 0.2) is 0 Å². The molecule has 0 unspecified atom stereocenters. The highest BCUT2D eigenvalue weighted by Crippen LogP contribution is 2.32. The molecule has 0 aliphatic rings. The van der Waals surface area contributed by atoms with E-state index >= 15 is 0 Å². The summed E-state index contributed by atoms with van der Waals surface area (Å²) in [6, 6.07) is 7.88. The molecule has 0 fully saturated rings. The van der Waals surface area contributed by atoms with Crippen LogP contribution in [0.15, 0.2) is 28.7 Å². The first-order valence-corrected chi connectivity index (χ1v) is 8.49. The van der Waals surface area contributed by atoms with Crippen LogP contribution in [0, 0.1) is 19.8 Å². The van der Waals surface area contributed by atoms with E-state index < -0.39 is 0 Å². The van der Waals surface area contributed by atoms with Gasteiger partial charge in [0.1, 0.15) is 5.75 Å². The lowest BCUT2D eigenvalue weighted by atomic mass is 10.1. The van der Waals surface area contributed by atoms with Crippen molar-refractivity contribution in [1.82, 2.24) is 10.2 Å². The number of phenolic OH excluding ortho intramolecular Hbond substituents is 1. The van der Waals surface area contributed by atoms with E-state index in [0.717, 1.165) is 28.0 Å². The molecule has 4 nitrogen and oxygen atoms in total. The number of hydrogen-bond donors (Lipinski definition) is 1. The Morgan fingerprint density at radius 1 is 1.09 bits per heavy atom. The zero-order valence-corrected chi connectivity index (χ0v) is 14.6. The molecule has 2 aromatic heterocycles. The molecule has 0 aliphatic heterocycles. The molecule has 0 bridgehead atoms. The highest BCUT2D eigenvalue weighted by molar-refractivity contribution is 7.15. The van der Waals surface area contributed by atoms with Gasteiger partial charge in [-0.25, -0.2) is 0 Å². The Morgan fingerprint density at radius 2 is 1.74 bits per heavy atom. The Morgan fingerprint density at radius 3 is 2.39 bits per heavy atom. The summed E-state index contributed by atoms with van der Waals surface area (Å²) >= 11 is 1.70. The number of aromatic hydroxyl groups is 1. The number of hydrogen-bond acceptors (Lipinski definition) is 5. The molecule has 1 N–H and O–H groups in total. The number of rotatable bonds is 4. The smallest absolute Gasteiger partial charge is 0.258 e. The van der Waals surface area contributed by atoms with Crippen LogP contribution in [-0.2, 0) is 6.42 Å². The van der Waals surface area contributed by atoms with Gasteiger partial charge in [-0.2, -0.15) is 0 Å². The molecule has 0 saturated heterocycles. The number of thiophene rings is 1. The van der Waals surface area contributed by atoms with Crippen LogP contribution in [0.25, 0.3) is 22.2 Å². The fourth-order valence-electron chi connectivity index (χ4n) is 2.52. The molecule has 5 heteroatoms. The van der Waals surface area contributed by atoms with Crippen molar-refractivity contribution < 1.29 is 9.52 Å². The third kappa shape index (κ3) is 3.29. The molecular formula is C18H20N2O2S. The zero-order valence-electron chi connectivity index (χ0n) is 13.8. The topological polar surface area (TPSA) is 59.2 Å². The molecule has 0 saturated carbocycles. The molecule has 0 spiro atoms. The Balaban J connectivity index is 1.90. The number of nitrogens with zero attached hydrogens (tertiary/aromatic N) is 2. The lowest BCUT2D eigenvalue weighted by Gasteiger charge is -2.04. The summed E-state index contributed by atoms with van der Waals surface area (Å²) in [5, 5.41) is 18.2. The van der Waals surface area contributed by atoms with Crippen molar-refractivity contribution in [2.75, 3.05) is 0 Å². The number of aromatic nitrogens is 2. The van der Waals surface area contributed by atoms with E-state index in [2.05, 4.69) is 30.1 Å². The lowest BCUT2D eigenvalue weighted by Crippen LogP contribution is -1.89. The first-order chi connectivity index (χ1) is 10.9. The molecule has 0 radical (unpaired) electrons. The molecule has 2 heterocycles. The van der Waals surface area contributed by atoms with Crippen LogP contribution in [0.3, 0.4) is 0 Å². The minimum absolute atomic E-state index is 0.310. The van der Waals surface area contributed by atoms with Crippen LogP contribution < -0.4 is 0 Å². The minimum atomic E-state index is 0.310. The Kier molecular flexibility index (Phi) is 4.22. The molecular weight excluding hydrogens is 308 g/mol. The van der Waals surface area contributed by atoms with Crippen molar-refractivity contribution in [3.05, 3.63) is 40.3 Å². The number of benzene rings is 1. The van der Waals surface area contributed by atoms with Crippen LogP contribution in [-0.4, -0.2) is 15.3 Å². The van der Waals surface area contributed by atoms with Crippen molar-refractivity contribution >= 4 is 11.3 Å². The molecule has 0 atom stereocenters. The van der Waals surface area contributed by atoms with Crippen LogP contribution in [0.5, 0.6) is 5.75 Å². The van der Waals surface area contributed by atoms with Crippen LogP contribution in [0.2, 0.25) is 0 Å². The quantitative estimate of drug-likeness (QED) is 0.733. The van der Waals surface area contributed by atoms with Crippen molar-refractivity contribution in [3.63, 3.8) is 0 Å². The first kappa shape index (κ1) is 15.7. The van der Waals surface area contributed by atoms with E-state index in [4.69, 9.17) is 4.42 Å². The molecule has 0 aliphatic carbocycles. The average Bonchev–Trinajstić information content (AvgIpc) is 3.12. The second kappa shape index (κ2) is 6.16. The summed E-state index contributed by atoms with van der Waals surface area (Å²) < 4.78 is 5.83. The molecule has 23 heavy (non-hydrogen) atoms. The highest BCUT2D eigenvalue weighted by atomic mass is 32.1. The summed E-state index contributed by atoms with van der Waals surface area (Å²) in [6.45, 7) is 8.14. The summed E-state index contributed by atoms with van der Waals surface area (Å²) in [6.07, 6.45) is 1.06. The van der Waals surface area contributed by atoms with Gasteiger partial charge in [0.05, 0.1) is 4.88 Å². The van der Waals surface area contributed by atoms with Crippen molar-refractivity contribution in [2.24, 2.45) is 5.92 Å². The Labute approximate surface area is 139 Å². The van der Waals surface area contributed by atoms with E-state index in [1.165, 1.54) is 4.88 Å². The van der Waals surface area contributed by atoms with Crippen molar-refractivity contribution in [1.29, 1.82) is 0 Å². The summed E-state index contributed by atoms with van der Waals surface area (Å²) in [5.74, 6) is 1.96. The van der Waals surface area contributed by atoms with Gasteiger partial charge < -0.3 is 9.52 Å². The first-order valence-electron chi connectivity index (χ1n) is 7.67. The molecule has 3 aromatic rings. The summed E-state index contributed by atoms with van der Waals surface area (Å²) in [7, 11) is 0. The van der Waals surface area contributed by atoms with Crippen molar-refractivity contribution in [2.45, 2.75) is 34.1 Å². The van der Waals surface area contributed by atoms with Crippen LogP contribution >= 0.6 is 11.3 Å². The van der Waals surface area contributed by atoms with E-state index in [1.807, 2.05) is 32.0 Å². The predicted octanol–water partition coefficient (Wildman–Crippen LogP) is 4.99. The van der Waals surface area contributed by atoms with Gasteiger partial charge in [0.25, 0.3) is 5.89 Å². The molecule has 0 amide bonds. The summed E-state index contributed by atoms with van der Waals surface area (Å²) in [4.78, 5) is 2.32. The number of aryl methyl sites for hydroxylation is 2. The second-order valence-electron chi connectivity index (χ2n) is 6.23. The van der Waals surface area contributed by atoms with Crippen LogP contribution in [0.1, 0.15) is 29.9 Å². The molecule has 1 aromatic carbocycles. The highest BCUT2D eigenvalue weighted by Gasteiger charge is 2.14. The van der Waals surface area contributed by atoms with E-state index in [-0.39, 0.29) is 0 Å². The minimum Gasteiger partial charge on any atom is -0.507 e. The van der Waals surface area contributed by atoms with Gasteiger partial charge in [-0.05, 0) is 61.6 Å². The van der Waals surface area contributed by atoms with Gasteiger partial charge in [-0.3, -0.25) is 0 Å². The van der Waals surface area contributed by atoms with Gasteiger partial charge in [-0.1, -0.05) is 13.8 Å².